The summed E-state index contributed by atoms with van der Waals surface area (Å²) in [7, 11) is 0. The lowest BCUT2D eigenvalue weighted by molar-refractivity contribution is 0.0954. The first-order valence-corrected chi connectivity index (χ1v) is 9.70. The van der Waals surface area contributed by atoms with Gasteiger partial charge in [0.1, 0.15) is 0 Å². The number of benzene rings is 2. The third-order valence-electron chi connectivity index (χ3n) is 4.50. The van der Waals surface area contributed by atoms with Gasteiger partial charge in [0.2, 0.25) is 0 Å². The SMILES string of the molecule is CC(C)NCc1ccc(-c2cc(-c3cccc(C(=O)NCCC#N)c3)n[nH]2)cc1. The number of amides is 1. The maximum absolute atomic E-state index is 12.2. The number of aromatic amines is 1. The number of hydrogen-bond donors (Lipinski definition) is 3. The van der Waals surface area contributed by atoms with Crippen LogP contribution in [-0.4, -0.2) is 28.7 Å². The van der Waals surface area contributed by atoms with E-state index in [1.54, 1.807) is 6.07 Å². The molecule has 0 aliphatic rings. The van der Waals surface area contributed by atoms with Gasteiger partial charge in [-0.2, -0.15) is 10.4 Å². The van der Waals surface area contributed by atoms with Crippen molar-refractivity contribution >= 4 is 5.91 Å². The van der Waals surface area contributed by atoms with Crippen molar-refractivity contribution < 1.29 is 4.79 Å². The molecule has 0 aliphatic heterocycles. The maximum Gasteiger partial charge on any atom is 0.251 e. The quantitative estimate of drug-likeness (QED) is 0.511. The van der Waals surface area contributed by atoms with E-state index in [0.717, 1.165) is 29.1 Å². The fourth-order valence-corrected chi connectivity index (χ4v) is 2.90. The molecule has 1 amide bonds. The molecule has 6 heteroatoms. The van der Waals surface area contributed by atoms with E-state index < -0.39 is 0 Å². The van der Waals surface area contributed by atoms with E-state index in [1.807, 2.05) is 30.3 Å². The second kappa shape index (κ2) is 9.67. The van der Waals surface area contributed by atoms with E-state index in [-0.39, 0.29) is 5.91 Å². The van der Waals surface area contributed by atoms with E-state index >= 15 is 0 Å². The van der Waals surface area contributed by atoms with Crippen LogP contribution in [0.25, 0.3) is 22.5 Å². The molecule has 0 unspecified atom stereocenters. The lowest BCUT2D eigenvalue weighted by Gasteiger charge is -2.08. The molecule has 29 heavy (non-hydrogen) atoms. The molecule has 0 atom stereocenters. The average molecular weight is 387 g/mol. The molecule has 0 fully saturated rings. The number of aromatic nitrogens is 2. The summed E-state index contributed by atoms with van der Waals surface area (Å²) in [5.41, 5.74) is 5.40. The summed E-state index contributed by atoms with van der Waals surface area (Å²) < 4.78 is 0. The van der Waals surface area contributed by atoms with Gasteiger partial charge in [0.05, 0.1) is 23.9 Å². The Kier molecular flexibility index (Phi) is 6.77. The summed E-state index contributed by atoms with van der Waals surface area (Å²) >= 11 is 0. The van der Waals surface area contributed by atoms with Crippen molar-refractivity contribution in [1.29, 1.82) is 5.26 Å². The number of nitrogens with zero attached hydrogens (tertiary/aromatic N) is 2. The van der Waals surface area contributed by atoms with Gasteiger partial charge >= 0.3 is 0 Å². The standard InChI is InChI=1S/C23H25N5O/c1-16(2)26-15-17-7-9-18(10-8-17)21-14-22(28-27-21)19-5-3-6-20(13-19)23(29)25-12-4-11-24/h3,5-10,13-14,16,26H,4,12,15H2,1-2H3,(H,25,29)(H,27,28). The zero-order chi connectivity index (χ0) is 20.6. The summed E-state index contributed by atoms with van der Waals surface area (Å²) in [6.45, 7) is 5.45. The zero-order valence-corrected chi connectivity index (χ0v) is 16.7. The zero-order valence-electron chi connectivity index (χ0n) is 16.7. The Hall–Kier alpha value is -3.43. The molecule has 3 N–H and O–H groups in total. The van der Waals surface area contributed by atoms with Gasteiger partial charge in [-0.15, -0.1) is 0 Å². The molecule has 3 aromatic rings. The monoisotopic (exact) mass is 387 g/mol. The Bertz CT molecular complexity index is 999. The Balaban J connectivity index is 1.72. The molecule has 0 radical (unpaired) electrons. The number of nitriles is 1. The molecule has 0 saturated carbocycles. The van der Waals surface area contributed by atoms with Crippen molar-refractivity contribution in [2.75, 3.05) is 6.54 Å². The van der Waals surface area contributed by atoms with Gasteiger partial charge in [0.25, 0.3) is 5.91 Å². The van der Waals surface area contributed by atoms with Gasteiger partial charge in [-0.3, -0.25) is 9.89 Å². The van der Waals surface area contributed by atoms with Crippen molar-refractivity contribution in [3.63, 3.8) is 0 Å². The summed E-state index contributed by atoms with van der Waals surface area (Å²) in [5.74, 6) is -0.191. The number of H-pyrrole nitrogens is 1. The van der Waals surface area contributed by atoms with E-state index in [0.29, 0.717) is 24.6 Å². The topological polar surface area (TPSA) is 93.6 Å². The van der Waals surface area contributed by atoms with Gasteiger partial charge in [0, 0.05) is 30.3 Å². The smallest absolute Gasteiger partial charge is 0.251 e. The van der Waals surface area contributed by atoms with E-state index in [2.05, 4.69) is 58.9 Å². The minimum atomic E-state index is -0.191. The number of carbonyl (C=O) groups is 1. The highest BCUT2D eigenvalue weighted by Gasteiger charge is 2.10. The first kappa shape index (κ1) is 20.3. The Morgan fingerprint density at radius 3 is 2.66 bits per heavy atom. The lowest BCUT2D eigenvalue weighted by atomic mass is 10.1. The molecule has 3 rings (SSSR count). The van der Waals surface area contributed by atoms with E-state index in [1.165, 1.54) is 5.56 Å². The molecule has 148 valence electrons. The van der Waals surface area contributed by atoms with Crippen LogP contribution < -0.4 is 10.6 Å². The number of rotatable bonds is 8. The first-order chi connectivity index (χ1) is 14.1. The van der Waals surface area contributed by atoms with Gasteiger partial charge in [-0.1, -0.05) is 50.2 Å². The summed E-state index contributed by atoms with van der Waals surface area (Å²) in [6.07, 6.45) is 0.292. The van der Waals surface area contributed by atoms with Crippen LogP contribution in [0.15, 0.2) is 54.6 Å². The predicted octanol–water partition coefficient (Wildman–Crippen LogP) is 3.89. The predicted molar refractivity (Wildman–Crippen MR) is 114 cm³/mol. The third kappa shape index (κ3) is 5.53. The fraction of sp³-hybridized carbons (Fsp3) is 0.261. The van der Waals surface area contributed by atoms with Crippen LogP contribution >= 0.6 is 0 Å². The van der Waals surface area contributed by atoms with Crippen molar-refractivity contribution in [1.82, 2.24) is 20.8 Å². The second-order valence-electron chi connectivity index (χ2n) is 7.14. The molecule has 1 heterocycles. The minimum Gasteiger partial charge on any atom is -0.351 e. The highest BCUT2D eigenvalue weighted by Crippen LogP contribution is 2.24. The molecule has 1 aromatic heterocycles. The summed E-state index contributed by atoms with van der Waals surface area (Å²) in [5, 5.41) is 22.2. The van der Waals surface area contributed by atoms with Crippen LogP contribution in [0.3, 0.4) is 0 Å². The van der Waals surface area contributed by atoms with Gasteiger partial charge in [-0.05, 0) is 29.3 Å². The van der Waals surface area contributed by atoms with Crippen LogP contribution in [0, 0.1) is 11.3 Å². The minimum absolute atomic E-state index is 0.191. The molecule has 0 bridgehead atoms. The van der Waals surface area contributed by atoms with E-state index in [9.17, 15) is 4.79 Å². The van der Waals surface area contributed by atoms with Crippen molar-refractivity contribution in [2.24, 2.45) is 0 Å². The largest absolute Gasteiger partial charge is 0.351 e. The Morgan fingerprint density at radius 1 is 1.14 bits per heavy atom. The van der Waals surface area contributed by atoms with Gasteiger partial charge in [-0.25, -0.2) is 0 Å². The average Bonchev–Trinajstić information content (AvgIpc) is 3.23. The first-order valence-electron chi connectivity index (χ1n) is 9.70. The lowest BCUT2D eigenvalue weighted by Crippen LogP contribution is -2.24. The van der Waals surface area contributed by atoms with Crippen molar-refractivity contribution in [2.45, 2.75) is 32.9 Å². The van der Waals surface area contributed by atoms with Gasteiger partial charge < -0.3 is 10.6 Å². The van der Waals surface area contributed by atoms with Crippen molar-refractivity contribution in [3.8, 4) is 28.6 Å². The molecule has 0 spiro atoms. The third-order valence-corrected chi connectivity index (χ3v) is 4.50. The molecule has 0 saturated heterocycles. The van der Waals surface area contributed by atoms with Crippen LogP contribution in [0.5, 0.6) is 0 Å². The summed E-state index contributed by atoms with van der Waals surface area (Å²) in [6, 6.07) is 20.1. The highest BCUT2D eigenvalue weighted by atomic mass is 16.1. The Morgan fingerprint density at radius 2 is 1.93 bits per heavy atom. The van der Waals surface area contributed by atoms with Crippen LogP contribution in [0.4, 0.5) is 0 Å². The van der Waals surface area contributed by atoms with Crippen LogP contribution in [-0.2, 0) is 6.54 Å². The van der Waals surface area contributed by atoms with Crippen LogP contribution in [0.2, 0.25) is 0 Å². The van der Waals surface area contributed by atoms with Crippen molar-refractivity contribution in [3.05, 3.63) is 65.7 Å². The fourth-order valence-electron chi connectivity index (χ4n) is 2.90. The number of nitrogens with one attached hydrogen (secondary N) is 3. The Labute approximate surface area is 171 Å². The normalized spacial score (nSPS) is 10.7. The molecular formula is C23H25N5O. The van der Waals surface area contributed by atoms with E-state index in [4.69, 9.17) is 5.26 Å². The second-order valence-corrected chi connectivity index (χ2v) is 7.14. The van der Waals surface area contributed by atoms with Crippen LogP contribution in [0.1, 0.15) is 36.2 Å². The molecule has 6 nitrogen and oxygen atoms in total. The maximum atomic E-state index is 12.2. The number of hydrogen-bond acceptors (Lipinski definition) is 4. The molecule has 0 aliphatic carbocycles. The molecule has 2 aromatic carbocycles. The molecular weight excluding hydrogens is 362 g/mol. The van der Waals surface area contributed by atoms with Gasteiger partial charge in [0.15, 0.2) is 0 Å². The number of carbonyl (C=O) groups excluding carboxylic acids is 1. The highest BCUT2D eigenvalue weighted by molar-refractivity contribution is 5.95. The summed E-state index contributed by atoms with van der Waals surface area (Å²) in [4.78, 5) is 12.2.